The van der Waals surface area contributed by atoms with E-state index in [0.717, 1.165) is 12.2 Å². The van der Waals surface area contributed by atoms with E-state index in [1.54, 1.807) is 0 Å². The molecule has 90 valence electrons. The van der Waals surface area contributed by atoms with Crippen molar-refractivity contribution in [2.45, 2.75) is 44.6 Å². The summed E-state index contributed by atoms with van der Waals surface area (Å²) < 4.78 is 0. The largest absolute Gasteiger partial charge is 0.390 e. The molecule has 0 amide bonds. The Labute approximate surface area is 103 Å². The predicted molar refractivity (Wildman–Crippen MR) is 72.0 cm³/mol. The molecule has 1 aromatic rings. The van der Waals surface area contributed by atoms with Gasteiger partial charge in [-0.05, 0) is 38.3 Å². The van der Waals surface area contributed by atoms with Crippen molar-refractivity contribution in [2.24, 2.45) is 5.92 Å². The third kappa shape index (κ3) is 4.18. The zero-order valence-electron chi connectivity index (χ0n) is 10.7. The normalized spacial score (nSPS) is 15.1. The summed E-state index contributed by atoms with van der Waals surface area (Å²) in [6.45, 7) is 8.15. The summed E-state index contributed by atoms with van der Waals surface area (Å²) in [5.74, 6) is 1.28. The first-order valence-electron chi connectivity index (χ1n) is 5.83. The number of benzene rings is 1. The fourth-order valence-electron chi connectivity index (χ4n) is 1.30. The van der Waals surface area contributed by atoms with Crippen LogP contribution in [-0.4, -0.2) is 16.5 Å². The van der Waals surface area contributed by atoms with Crippen molar-refractivity contribution >= 4 is 11.8 Å². The first-order chi connectivity index (χ1) is 7.42. The van der Waals surface area contributed by atoms with Crippen LogP contribution in [0, 0.1) is 12.8 Å². The van der Waals surface area contributed by atoms with Crippen LogP contribution >= 0.6 is 11.8 Å². The lowest BCUT2D eigenvalue weighted by molar-refractivity contribution is 0.0111. The van der Waals surface area contributed by atoms with E-state index in [4.69, 9.17) is 0 Å². The molecule has 0 aliphatic rings. The lowest BCUT2D eigenvalue weighted by Crippen LogP contribution is -2.31. The van der Waals surface area contributed by atoms with Gasteiger partial charge in [0, 0.05) is 10.6 Å². The zero-order chi connectivity index (χ0) is 12.2. The Hall–Kier alpha value is -0.470. The van der Waals surface area contributed by atoms with Crippen LogP contribution in [0.3, 0.4) is 0 Å². The number of thioether (sulfide) groups is 1. The Morgan fingerprint density at radius 3 is 2.31 bits per heavy atom. The molecule has 1 rings (SSSR count). The van der Waals surface area contributed by atoms with Gasteiger partial charge in [-0.2, -0.15) is 0 Å². The highest BCUT2D eigenvalue weighted by atomic mass is 32.2. The molecular weight excluding hydrogens is 216 g/mol. The Morgan fingerprint density at radius 1 is 1.25 bits per heavy atom. The van der Waals surface area contributed by atoms with Crippen molar-refractivity contribution < 1.29 is 5.11 Å². The molecule has 1 nitrogen and oxygen atoms in total. The predicted octanol–water partition coefficient (Wildman–Crippen LogP) is 3.88. The molecule has 0 radical (unpaired) electrons. The minimum atomic E-state index is -0.544. The Morgan fingerprint density at radius 2 is 1.81 bits per heavy atom. The molecule has 0 spiro atoms. The average Bonchev–Trinajstić information content (AvgIpc) is 2.20. The lowest BCUT2D eigenvalue weighted by atomic mass is 9.90. The summed E-state index contributed by atoms with van der Waals surface area (Å²) in [6.07, 6.45) is 0.837. The first kappa shape index (κ1) is 13.6. The SMILES string of the molecule is Cc1ccc(SCC[C@](C)(O)C(C)C)cc1. The maximum Gasteiger partial charge on any atom is 0.0650 e. The van der Waals surface area contributed by atoms with Gasteiger partial charge in [0.15, 0.2) is 0 Å². The topological polar surface area (TPSA) is 20.2 Å². The maximum atomic E-state index is 10.1. The van der Waals surface area contributed by atoms with E-state index >= 15 is 0 Å². The fraction of sp³-hybridized carbons (Fsp3) is 0.571. The molecule has 0 aromatic heterocycles. The van der Waals surface area contributed by atoms with Gasteiger partial charge in [-0.3, -0.25) is 0 Å². The standard InChI is InChI=1S/C14H22OS/c1-11(2)14(4,15)9-10-16-13-7-5-12(3)6-8-13/h5-8,11,15H,9-10H2,1-4H3/t14-/m0/s1. The molecular formula is C14H22OS. The summed E-state index contributed by atoms with van der Waals surface area (Å²) in [7, 11) is 0. The molecule has 0 aliphatic carbocycles. The van der Waals surface area contributed by atoms with Crippen LogP contribution in [0.25, 0.3) is 0 Å². The molecule has 1 N–H and O–H groups in total. The van der Waals surface area contributed by atoms with Crippen molar-refractivity contribution in [3.63, 3.8) is 0 Å². The summed E-state index contributed by atoms with van der Waals surface area (Å²) in [5, 5.41) is 10.1. The van der Waals surface area contributed by atoms with Gasteiger partial charge in [-0.15, -0.1) is 11.8 Å². The molecule has 0 saturated carbocycles. The van der Waals surface area contributed by atoms with Crippen LogP contribution < -0.4 is 0 Å². The number of hydrogen-bond donors (Lipinski definition) is 1. The summed E-state index contributed by atoms with van der Waals surface area (Å²) in [4.78, 5) is 1.28. The first-order valence-corrected chi connectivity index (χ1v) is 6.82. The van der Waals surface area contributed by atoms with Gasteiger partial charge in [0.05, 0.1) is 5.60 Å². The third-order valence-corrected chi connectivity index (χ3v) is 4.16. The van der Waals surface area contributed by atoms with Gasteiger partial charge in [0.2, 0.25) is 0 Å². The molecule has 1 aromatic carbocycles. The van der Waals surface area contributed by atoms with Gasteiger partial charge in [0.25, 0.3) is 0 Å². The van der Waals surface area contributed by atoms with Gasteiger partial charge < -0.3 is 5.11 Å². The highest BCUT2D eigenvalue weighted by Gasteiger charge is 2.23. The van der Waals surface area contributed by atoms with Gasteiger partial charge in [-0.1, -0.05) is 31.5 Å². The van der Waals surface area contributed by atoms with E-state index in [1.165, 1.54) is 10.5 Å². The Bertz CT molecular complexity index is 314. The van der Waals surface area contributed by atoms with Crippen LogP contribution in [0.5, 0.6) is 0 Å². The highest BCUT2D eigenvalue weighted by molar-refractivity contribution is 7.99. The van der Waals surface area contributed by atoms with Gasteiger partial charge in [0.1, 0.15) is 0 Å². The minimum absolute atomic E-state index is 0.311. The van der Waals surface area contributed by atoms with E-state index in [2.05, 4.69) is 45.0 Å². The second-order valence-corrected chi connectivity index (χ2v) is 6.09. The van der Waals surface area contributed by atoms with Gasteiger partial charge in [-0.25, -0.2) is 0 Å². The molecule has 16 heavy (non-hydrogen) atoms. The number of hydrogen-bond acceptors (Lipinski definition) is 2. The second kappa shape index (κ2) is 5.74. The van der Waals surface area contributed by atoms with Crippen molar-refractivity contribution in [3.8, 4) is 0 Å². The summed E-state index contributed by atoms with van der Waals surface area (Å²) in [5.41, 5.74) is 0.746. The van der Waals surface area contributed by atoms with Crippen molar-refractivity contribution in [2.75, 3.05) is 5.75 Å². The minimum Gasteiger partial charge on any atom is -0.390 e. The number of aryl methyl sites for hydroxylation is 1. The quantitative estimate of drug-likeness (QED) is 0.785. The molecule has 0 unspecified atom stereocenters. The van der Waals surface area contributed by atoms with Crippen molar-refractivity contribution in [1.29, 1.82) is 0 Å². The van der Waals surface area contributed by atoms with Crippen LogP contribution in [0.2, 0.25) is 0 Å². The van der Waals surface area contributed by atoms with Crippen LogP contribution in [0.15, 0.2) is 29.2 Å². The Balaban J connectivity index is 2.39. The fourth-order valence-corrected chi connectivity index (χ4v) is 2.38. The van der Waals surface area contributed by atoms with E-state index in [0.29, 0.717) is 5.92 Å². The number of rotatable bonds is 5. The van der Waals surface area contributed by atoms with Crippen LogP contribution in [0.4, 0.5) is 0 Å². The Kier molecular flexibility index (Phi) is 4.88. The van der Waals surface area contributed by atoms with Crippen LogP contribution in [0.1, 0.15) is 32.8 Å². The highest BCUT2D eigenvalue weighted by Crippen LogP contribution is 2.26. The van der Waals surface area contributed by atoms with E-state index < -0.39 is 5.60 Å². The average molecular weight is 238 g/mol. The number of aliphatic hydroxyl groups is 1. The van der Waals surface area contributed by atoms with E-state index in [1.807, 2.05) is 18.7 Å². The molecule has 0 aliphatic heterocycles. The van der Waals surface area contributed by atoms with E-state index in [9.17, 15) is 5.11 Å². The smallest absolute Gasteiger partial charge is 0.0650 e. The molecule has 0 bridgehead atoms. The van der Waals surface area contributed by atoms with Crippen LogP contribution in [-0.2, 0) is 0 Å². The lowest BCUT2D eigenvalue weighted by Gasteiger charge is -2.27. The van der Waals surface area contributed by atoms with E-state index in [-0.39, 0.29) is 0 Å². The molecule has 0 fully saturated rings. The molecule has 1 atom stereocenters. The monoisotopic (exact) mass is 238 g/mol. The van der Waals surface area contributed by atoms with Crippen molar-refractivity contribution in [1.82, 2.24) is 0 Å². The molecule has 0 saturated heterocycles. The molecule has 0 heterocycles. The summed E-state index contributed by atoms with van der Waals surface area (Å²) >= 11 is 1.81. The molecule has 2 heteroatoms. The zero-order valence-corrected chi connectivity index (χ0v) is 11.5. The van der Waals surface area contributed by atoms with Crippen molar-refractivity contribution in [3.05, 3.63) is 29.8 Å². The summed E-state index contributed by atoms with van der Waals surface area (Å²) in [6, 6.07) is 8.54. The second-order valence-electron chi connectivity index (χ2n) is 4.92. The van der Waals surface area contributed by atoms with Gasteiger partial charge >= 0.3 is 0 Å². The third-order valence-electron chi connectivity index (χ3n) is 3.14. The maximum absolute atomic E-state index is 10.1.